The maximum absolute atomic E-state index is 13.9. The third-order valence-corrected chi connectivity index (χ3v) is 3.89. The third kappa shape index (κ3) is 3.43. The number of nitrogens with one attached hydrogen (secondary N) is 1. The molecule has 2 aromatic heterocycles. The number of carbonyl (C=O) groups is 1. The van der Waals surface area contributed by atoms with Crippen molar-refractivity contribution in [3.8, 4) is 22.8 Å². The van der Waals surface area contributed by atoms with Gasteiger partial charge in [0.2, 0.25) is 5.82 Å². The molecule has 1 N–H and O–H groups in total. The number of rotatable bonds is 4. The van der Waals surface area contributed by atoms with Gasteiger partial charge in [-0.25, -0.2) is 4.39 Å². The number of nitrogens with zero attached hydrogens (tertiary/aromatic N) is 3. The molecule has 132 valence electrons. The Hall–Kier alpha value is -3.87. The van der Waals surface area contributed by atoms with Crippen molar-refractivity contribution < 1.29 is 13.7 Å². The number of aromatic nitrogens is 3. The first kappa shape index (κ1) is 16.6. The van der Waals surface area contributed by atoms with Gasteiger partial charge in [-0.2, -0.15) is 4.98 Å². The molecule has 0 unspecified atom stereocenters. The molecule has 0 aliphatic rings. The number of para-hydroxylation sites is 1. The summed E-state index contributed by atoms with van der Waals surface area (Å²) in [6.07, 6.45) is 3.27. The van der Waals surface area contributed by atoms with Crippen molar-refractivity contribution in [2.24, 2.45) is 0 Å². The summed E-state index contributed by atoms with van der Waals surface area (Å²) in [5, 5.41) is 6.67. The highest BCUT2D eigenvalue weighted by atomic mass is 19.1. The summed E-state index contributed by atoms with van der Waals surface area (Å²) in [7, 11) is 0. The van der Waals surface area contributed by atoms with Gasteiger partial charge in [0, 0.05) is 18.0 Å². The lowest BCUT2D eigenvalue weighted by molar-refractivity contribution is 0.102. The van der Waals surface area contributed by atoms with E-state index in [-0.39, 0.29) is 11.5 Å². The largest absolute Gasteiger partial charge is 0.334 e. The van der Waals surface area contributed by atoms with E-state index in [0.717, 1.165) is 5.56 Å². The van der Waals surface area contributed by atoms with Gasteiger partial charge in [0.15, 0.2) is 0 Å². The molecular weight excluding hydrogens is 347 g/mol. The zero-order valence-electron chi connectivity index (χ0n) is 14.0. The lowest BCUT2D eigenvalue weighted by atomic mass is 10.1. The minimum atomic E-state index is -0.592. The molecule has 2 aromatic carbocycles. The number of anilines is 1. The van der Waals surface area contributed by atoms with Crippen LogP contribution in [0.2, 0.25) is 0 Å². The van der Waals surface area contributed by atoms with Crippen molar-refractivity contribution in [1.29, 1.82) is 0 Å². The molecule has 0 radical (unpaired) electrons. The minimum Gasteiger partial charge on any atom is -0.334 e. The predicted molar refractivity (Wildman–Crippen MR) is 97.3 cm³/mol. The molecule has 0 spiro atoms. The zero-order valence-corrected chi connectivity index (χ0v) is 14.0. The fourth-order valence-electron chi connectivity index (χ4n) is 2.56. The van der Waals surface area contributed by atoms with E-state index in [2.05, 4.69) is 20.4 Å². The third-order valence-electron chi connectivity index (χ3n) is 3.89. The molecular formula is C20H13FN4O2. The van der Waals surface area contributed by atoms with Gasteiger partial charge in [0.25, 0.3) is 11.8 Å². The molecule has 0 aliphatic heterocycles. The van der Waals surface area contributed by atoms with Crippen LogP contribution in [0.1, 0.15) is 10.4 Å². The number of amides is 1. The van der Waals surface area contributed by atoms with Crippen LogP contribution in [0, 0.1) is 5.82 Å². The first-order valence-electron chi connectivity index (χ1n) is 8.12. The average molecular weight is 360 g/mol. The highest BCUT2D eigenvalue weighted by Gasteiger charge is 2.17. The highest BCUT2D eigenvalue weighted by molar-refractivity contribution is 6.06. The van der Waals surface area contributed by atoms with Gasteiger partial charge in [0.1, 0.15) is 5.82 Å². The fourth-order valence-corrected chi connectivity index (χ4v) is 2.56. The number of hydrogen-bond acceptors (Lipinski definition) is 5. The summed E-state index contributed by atoms with van der Waals surface area (Å²) in [6, 6.07) is 16.3. The van der Waals surface area contributed by atoms with E-state index in [1.165, 1.54) is 18.2 Å². The van der Waals surface area contributed by atoms with Gasteiger partial charge >= 0.3 is 0 Å². The molecule has 0 fully saturated rings. The fraction of sp³-hybridized carbons (Fsp3) is 0. The van der Waals surface area contributed by atoms with E-state index >= 15 is 0 Å². The van der Waals surface area contributed by atoms with Crippen molar-refractivity contribution in [1.82, 2.24) is 15.1 Å². The normalized spacial score (nSPS) is 10.6. The molecule has 7 heteroatoms. The van der Waals surface area contributed by atoms with Crippen molar-refractivity contribution in [3.05, 3.63) is 84.4 Å². The summed E-state index contributed by atoms with van der Waals surface area (Å²) in [6.45, 7) is 0. The SMILES string of the molecule is O=C(Nc1ccccc1-c1nc(-c2ccncc2)no1)c1ccccc1F. The molecule has 4 rings (SSSR count). The smallest absolute Gasteiger partial charge is 0.260 e. The van der Waals surface area contributed by atoms with Crippen LogP contribution in [0.15, 0.2) is 77.6 Å². The quantitative estimate of drug-likeness (QED) is 0.590. The maximum atomic E-state index is 13.9. The van der Waals surface area contributed by atoms with Crippen molar-refractivity contribution >= 4 is 11.6 Å². The minimum absolute atomic E-state index is 0.0460. The molecule has 4 aromatic rings. The number of benzene rings is 2. The Bertz CT molecular complexity index is 1100. The van der Waals surface area contributed by atoms with Gasteiger partial charge in [-0.1, -0.05) is 29.4 Å². The summed E-state index contributed by atoms with van der Waals surface area (Å²) in [5.74, 6) is -0.506. The second-order valence-electron chi connectivity index (χ2n) is 5.64. The zero-order chi connectivity index (χ0) is 18.6. The lowest BCUT2D eigenvalue weighted by Crippen LogP contribution is -2.14. The molecule has 0 atom stereocenters. The first-order chi connectivity index (χ1) is 13.2. The highest BCUT2D eigenvalue weighted by Crippen LogP contribution is 2.28. The molecule has 2 heterocycles. The van der Waals surface area contributed by atoms with Crippen molar-refractivity contribution in [2.45, 2.75) is 0 Å². The number of pyridine rings is 1. The molecule has 1 amide bonds. The van der Waals surface area contributed by atoms with Crippen LogP contribution in [0.4, 0.5) is 10.1 Å². The second-order valence-corrected chi connectivity index (χ2v) is 5.64. The number of halogens is 1. The van der Waals surface area contributed by atoms with Gasteiger partial charge in [0.05, 0.1) is 16.8 Å². The van der Waals surface area contributed by atoms with Crippen molar-refractivity contribution in [2.75, 3.05) is 5.32 Å². The molecule has 6 nitrogen and oxygen atoms in total. The maximum Gasteiger partial charge on any atom is 0.260 e. The summed E-state index contributed by atoms with van der Waals surface area (Å²) in [4.78, 5) is 20.8. The van der Waals surface area contributed by atoms with Crippen molar-refractivity contribution in [3.63, 3.8) is 0 Å². The first-order valence-corrected chi connectivity index (χ1v) is 8.12. The monoisotopic (exact) mass is 360 g/mol. The molecule has 0 bridgehead atoms. The Kier molecular flexibility index (Phi) is 4.40. The number of hydrogen-bond donors (Lipinski definition) is 1. The van der Waals surface area contributed by atoms with Crippen LogP contribution in [-0.2, 0) is 0 Å². The average Bonchev–Trinajstić information content (AvgIpc) is 3.19. The second kappa shape index (κ2) is 7.17. The van der Waals surface area contributed by atoms with E-state index in [9.17, 15) is 9.18 Å². The standard InChI is InChI=1S/C20H13FN4O2/c21-16-7-3-1-5-14(16)19(26)23-17-8-4-2-6-15(17)20-24-18(25-27-20)13-9-11-22-12-10-13/h1-12H,(H,23,26). The predicted octanol–water partition coefficient (Wildman–Crippen LogP) is 4.19. The van der Waals surface area contributed by atoms with Crippen LogP contribution in [0.25, 0.3) is 22.8 Å². The lowest BCUT2D eigenvalue weighted by Gasteiger charge is -2.09. The van der Waals surface area contributed by atoms with E-state index in [1.54, 1.807) is 54.9 Å². The Morgan fingerprint density at radius 1 is 0.963 bits per heavy atom. The Labute approximate surface area is 153 Å². The van der Waals surface area contributed by atoms with E-state index < -0.39 is 11.7 Å². The van der Waals surface area contributed by atoms with Crippen LogP contribution in [0.3, 0.4) is 0 Å². The van der Waals surface area contributed by atoms with E-state index in [1.807, 2.05) is 0 Å². The molecule has 0 saturated heterocycles. The van der Waals surface area contributed by atoms with E-state index in [0.29, 0.717) is 17.1 Å². The van der Waals surface area contributed by atoms with Crippen LogP contribution < -0.4 is 5.32 Å². The Morgan fingerprint density at radius 2 is 1.70 bits per heavy atom. The summed E-state index contributed by atoms with van der Waals surface area (Å²) >= 11 is 0. The number of carbonyl (C=O) groups excluding carboxylic acids is 1. The Balaban J connectivity index is 1.65. The van der Waals surface area contributed by atoms with Gasteiger partial charge in [-0.3, -0.25) is 9.78 Å². The van der Waals surface area contributed by atoms with Crippen LogP contribution in [-0.4, -0.2) is 21.0 Å². The summed E-state index contributed by atoms with van der Waals surface area (Å²) < 4.78 is 19.2. The van der Waals surface area contributed by atoms with Crippen LogP contribution in [0.5, 0.6) is 0 Å². The van der Waals surface area contributed by atoms with Gasteiger partial charge in [-0.15, -0.1) is 0 Å². The van der Waals surface area contributed by atoms with Crippen LogP contribution >= 0.6 is 0 Å². The molecule has 0 aliphatic carbocycles. The molecule has 0 saturated carbocycles. The Morgan fingerprint density at radius 3 is 2.52 bits per heavy atom. The van der Waals surface area contributed by atoms with E-state index in [4.69, 9.17) is 4.52 Å². The van der Waals surface area contributed by atoms with Gasteiger partial charge < -0.3 is 9.84 Å². The molecule has 27 heavy (non-hydrogen) atoms. The summed E-state index contributed by atoms with van der Waals surface area (Å²) in [5.41, 5.74) is 1.69. The topological polar surface area (TPSA) is 80.9 Å². The van der Waals surface area contributed by atoms with Gasteiger partial charge in [-0.05, 0) is 36.4 Å².